The summed E-state index contributed by atoms with van der Waals surface area (Å²) in [7, 11) is 0. The maximum atomic E-state index is 13.3. The van der Waals surface area contributed by atoms with Gasteiger partial charge in [-0.25, -0.2) is 4.39 Å². The van der Waals surface area contributed by atoms with Gasteiger partial charge in [0.15, 0.2) is 0 Å². The number of hydrogen-bond donors (Lipinski definition) is 1. The molecule has 0 fully saturated rings. The number of aliphatic carboxylic acids is 1. The van der Waals surface area contributed by atoms with Crippen molar-refractivity contribution in [3.63, 3.8) is 0 Å². The second-order valence-corrected chi connectivity index (χ2v) is 3.38. The molecular weight excluding hydrogens is 237 g/mol. The van der Waals surface area contributed by atoms with Gasteiger partial charge >= 0.3 is 5.97 Å². The summed E-state index contributed by atoms with van der Waals surface area (Å²) in [6.07, 6.45) is 0.0236. The molecule has 5 nitrogen and oxygen atoms in total. The average molecular weight is 247 g/mol. The summed E-state index contributed by atoms with van der Waals surface area (Å²) in [5, 5.41) is 11.9. The van der Waals surface area contributed by atoms with E-state index >= 15 is 0 Å². The fraction of sp³-hybridized carbons (Fsp3) is 0.250. The molecule has 0 spiro atoms. The van der Waals surface area contributed by atoms with Crippen LogP contribution in [0.1, 0.15) is 17.5 Å². The number of carboxylic acid groups (broad SMARTS) is 1. The summed E-state index contributed by atoms with van der Waals surface area (Å²) in [6, 6.07) is 4.07. The molecule has 0 saturated heterocycles. The zero-order valence-corrected chi connectivity index (χ0v) is 9.43. The van der Waals surface area contributed by atoms with E-state index in [0.29, 0.717) is 12.0 Å². The predicted octanol–water partition coefficient (Wildman–Crippen LogP) is 2.50. The minimum atomic E-state index is -1.10. The van der Waals surface area contributed by atoms with E-state index in [1.54, 1.807) is 0 Å². The molecule has 0 aliphatic heterocycles. The highest BCUT2D eigenvalue weighted by Crippen LogP contribution is 2.10. The van der Waals surface area contributed by atoms with Crippen molar-refractivity contribution in [3.8, 4) is 11.8 Å². The normalized spacial score (nSPS) is 8.94. The molecule has 0 atom stereocenters. The molecule has 0 aliphatic rings. The lowest BCUT2D eigenvalue weighted by atomic mass is 10.1. The number of azide groups is 1. The molecule has 0 aromatic heterocycles. The summed E-state index contributed by atoms with van der Waals surface area (Å²) in [5.74, 6) is 3.85. The van der Waals surface area contributed by atoms with E-state index in [1.807, 2.05) is 0 Å². The molecule has 18 heavy (non-hydrogen) atoms. The van der Waals surface area contributed by atoms with Gasteiger partial charge in [-0.1, -0.05) is 17.0 Å². The second-order valence-electron chi connectivity index (χ2n) is 3.38. The third kappa shape index (κ3) is 4.56. The van der Waals surface area contributed by atoms with Crippen LogP contribution in [0.25, 0.3) is 10.4 Å². The van der Waals surface area contributed by atoms with Crippen molar-refractivity contribution in [1.29, 1.82) is 0 Å². The molecular formula is C12H10FN3O2. The van der Waals surface area contributed by atoms with Crippen molar-refractivity contribution in [3.05, 3.63) is 45.6 Å². The molecule has 6 heteroatoms. The number of halogens is 1. The van der Waals surface area contributed by atoms with Crippen LogP contribution >= 0.6 is 0 Å². The fourth-order valence-electron chi connectivity index (χ4n) is 1.27. The summed E-state index contributed by atoms with van der Waals surface area (Å²) in [5.41, 5.74) is 8.68. The van der Waals surface area contributed by atoms with Gasteiger partial charge in [0.2, 0.25) is 0 Å². The van der Waals surface area contributed by atoms with Gasteiger partial charge < -0.3 is 5.11 Å². The van der Waals surface area contributed by atoms with Crippen molar-refractivity contribution in [2.24, 2.45) is 5.11 Å². The molecule has 1 N–H and O–H groups in total. The first-order chi connectivity index (χ1) is 8.63. The Labute approximate surface area is 103 Å². The Morgan fingerprint density at radius 2 is 2.33 bits per heavy atom. The smallest absolute Gasteiger partial charge is 0.307 e. The Balaban J connectivity index is 2.78. The van der Waals surface area contributed by atoms with Gasteiger partial charge in [0.25, 0.3) is 0 Å². The lowest BCUT2D eigenvalue weighted by molar-refractivity contribution is -0.136. The van der Waals surface area contributed by atoms with Gasteiger partial charge in [0.1, 0.15) is 5.82 Å². The van der Waals surface area contributed by atoms with Crippen LogP contribution in [0.15, 0.2) is 23.3 Å². The highest BCUT2D eigenvalue weighted by atomic mass is 19.1. The second kappa shape index (κ2) is 6.94. The molecule has 0 bridgehead atoms. The largest absolute Gasteiger partial charge is 0.481 e. The van der Waals surface area contributed by atoms with Crippen LogP contribution in [-0.2, 0) is 11.2 Å². The van der Waals surface area contributed by atoms with Crippen molar-refractivity contribution in [2.45, 2.75) is 12.8 Å². The monoisotopic (exact) mass is 247 g/mol. The topological polar surface area (TPSA) is 86.1 Å². The lowest BCUT2D eigenvalue weighted by Crippen LogP contribution is -2.02. The quantitative estimate of drug-likeness (QED) is 0.291. The molecule has 1 aromatic carbocycles. The Hall–Kier alpha value is -2.51. The molecule has 0 heterocycles. The summed E-state index contributed by atoms with van der Waals surface area (Å²) in [6.45, 7) is 0.271. The highest BCUT2D eigenvalue weighted by Gasteiger charge is 2.06. The van der Waals surface area contributed by atoms with E-state index in [4.69, 9.17) is 10.6 Å². The molecule has 1 aromatic rings. The van der Waals surface area contributed by atoms with Gasteiger partial charge in [0, 0.05) is 29.0 Å². The third-order valence-electron chi connectivity index (χ3n) is 2.02. The first kappa shape index (κ1) is 13.6. The summed E-state index contributed by atoms with van der Waals surface area (Å²) >= 11 is 0. The van der Waals surface area contributed by atoms with Crippen LogP contribution in [0.3, 0.4) is 0 Å². The summed E-state index contributed by atoms with van der Waals surface area (Å²) in [4.78, 5) is 13.1. The third-order valence-corrected chi connectivity index (χ3v) is 2.02. The van der Waals surface area contributed by atoms with Gasteiger partial charge in [-0.15, -0.1) is 0 Å². The van der Waals surface area contributed by atoms with Gasteiger partial charge in [-0.3, -0.25) is 4.79 Å². The van der Waals surface area contributed by atoms with Crippen molar-refractivity contribution in [2.75, 3.05) is 6.54 Å². The molecule has 92 valence electrons. The molecule has 0 amide bonds. The van der Waals surface area contributed by atoms with Gasteiger partial charge in [-0.05, 0) is 23.7 Å². The number of nitrogens with zero attached hydrogens (tertiary/aromatic N) is 3. The molecule has 0 saturated carbocycles. The first-order valence-electron chi connectivity index (χ1n) is 5.13. The van der Waals surface area contributed by atoms with Crippen molar-refractivity contribution in [1.82, 2.24) is 0 Å². The average Bonchev–Trinajstić information content (AvgIpc) is 2.32. The zero-order valence-electron chi connectivity index (χ0n) is 9.43. The highest BCUT2D eigenvalue weighted by molar-refractivity contribution is 5.70. The Morgan fingerprint density at radius 1 is 1.56 bits per heavy atom. The Morgan fingerprint density at radius 3 is 3.00 bits per heavy atom. The predicted molar refractivity (Wildman–Crippen MR) is 63.2 cm³/mol. The molecule has 0 radical (unpaired) electrons. The number of benzene rings is 1. The van der Waals surface area contributed by atoms with E-state index in [1.165, 1.54) is 18.2 Å². The molecule has 1 rings (SSSR count). The number of carboxylic acids is 1. The number of carbonyl (C=O) groups is 1. The van der Waals surface area contributed by atoms with E-state index in [9.17, 15) is 9.18 Å². The van der Waals surface area contributed by atoms with Crippen LogP contribution in [0.2, 0.25) is 0 Å². The van der Waals surface area contributed by atoms with E-state index in [0.717, 1.165) is 0 Å². The zero-order chi connectivity index (χ0) is 13.4. The van der Waals surface area contributed by atoms with Crippen LogP contribution in [0.5, 0.6) is 0 Å². The van der Waals surface area contributed by atoms with Crippen LogP contribution in [0.4, 0.5) is 4.39 Å². The molecule has 0 aliphatic carbocycles. The van der Waals surface area contributed by atoms with Gasteiger partial charge in [-0.2, -0.15) is 0 Å². The van der Waals surface area contributed by atoms with Crippen LogP contribution in [-0.4, -0.2) is 17.6 Å². The van der Waals surface area contributed by atoms with Crippen molar-refractivity contribution < 1.29 is 14.3 Å². The molecule has 0 unspecified atom stereocenters. The number of rotatable bonds is 4. The Bertz CT molecular complexity index is 554. The minimum Gasteiger partial charge on any atom is -0.481 e. The maximum Gasteiger partial charge on any atom is 0.307 e. The van der Waals surface area contributed by atoms with E-state index in [-0.39, 0.29) is 18.5 Å². The van der Waals surface area contributed by atoms with Crippen molar-refractivity contribution >= 4 is 5.97 Å². The standard InChI is InChI=1S/C12H10FN3O2/c13-11-5-4-9(3-1-2-6-15-16-14)7-10(11)8-12(17)18/h4-5,7H,2,6,8H2,(H,17,18). The number of hydrogen-bond acceptors (Lipinski definition) is 2. The fourth-order valence-corrected chi connectivity index (χ4v) is 1.27. The van der Waals surface area contributed by atoms with Crippen LogP contribution < -0.4 is 0 Å². The minimum absolute atomic E-state index is 0.101. The van der Waals surface area contributed by atoms with E-state index in [2.05, 4.69) is 21.9 Å². The summed E-state index contributed by atoms with van der Waals surface area (Å²) < 4.78 is 13.3. The van der Waals surface area contributed by atoms with Gasteiger partial charge in [0.05, 0.1) is 6.42 Å². The SMILES string of the molecule is [N-]=[N+]=NCCC#Cc1ccc(F)c(CC(=O)O)c1. The van der Waals surface area contributed by atoms with E-state index < -0.39 is 11.8 Å². The van der Waals surface area contributed by atoms with Crippen LogP contribution in [0, 0.1) is 17.7 Å². The first-order valence-corrected chi connectivity index (χ1v) is 5.13. The maximum absolute atomic E-state index is 13.3. The lowest BCUT2D eigenvalue weighted by Gasteiger charge is -2.00. The Kier molecular flexibility index (Phi) is 5.23.